The lowest BCUT2D eigenvalue weighted by molar-refractivity contribution is 0.0703. The quantitative estimate of drug-likeness (QED) is 0.207. The topological polar surface area (TPSA) is 83.6 Å². The predicted octanol–water partition coefficient (Wildman–Crippen LogP) is 8.02. The maximum Gasteiger partial charge on any atom is 0.348 e. The van der Waals surface area contributed by atoms with Crippen molar-refractivity contribution >= 4 is 58.3 Å². The summed E-state index contributed by atoms with van der Waals surface area (Å²) < 4.78 is 21.8. The summed E-state index contributed by atoms with van der Waals surface area (Å²) in [5.74, 6) is -0.349. The molecule has 2 aromatic carbocycles. The Balaban J connectivity index is 1.54. The molecule has 0 aliphatic rings. The Morgan fingerprint density at radius 1 is 1.05 bits per heavy atom. The van der Waals surface area contributed by atoms with Crippen LogP contribution >= 0.6 is 30.2 Å². The lowest BCUT2D eigenvalue weighted by Crippen LogP contribution is -2.32. The van der Waals surface area contributed by atoms with E-state index in [1.54, 1.807) is 41.8 Å². The zero-order valence-electron chi connectivity index (χ0n) is 20.4. The average Bonchev–Trinajstić information content (AvgIpc) is 3.49. The Hall–Kier alpha value is -3.38. The number of rotatable bonds is 7. The monoisotopic (exact) mass is 550 g/mol. The van der Waals surface area contributed by atoms with Gasteiger partial charge < -0.3 is 14.2 Å². The normalized spacial score (nSPS) is 13.1. The van der Waals surface area contributed by atoms with Gasteiger partial charge in [0.2, 0.25) is 0 Å². The summed E-state index contributed by atoms with van der Waals surface area (Å²) in [6.45, 7) is 5.48. The van der Waals surface area contributed by atoms with Crippen molar-refractivity contribution in [1.82, 2.24) is 4.98 Å². The van der Waals surface area contributed by atoms with Crippen molar-refractivity contribution in [2.75, 3.05) is 11.3 Å². The van der Waals surface area contributed by atoms with Crippen LogP contribution in [0.5, 0.6) is 0 Å². The van der Waals surface area contributed by atoms with E-state index in [0.717, 1.165) is 21.5 Å². The van der Waals surface area contributed by atoms with Gasteiger partial charge in [-0.3, -0.25) is 9.55 Å². The van der Waals surface area contributed by atoms with Gasteiger partial charge in [0.05, 0.1) is 5.69 Å². The van der Waals surface area contributed by atoms with Crippen molar-refractivity contribution in [2.45, 2.75) is 19.9 Å². The van der Waals surface area contributed by atoms with Crippen molar-refractivity contribution in [1.29, 1.82) is 0 Å². The molecule has 0 fully saturated rings. The minimum absolute atomic E-state index is 0.146. The third kappa shape index (κ3) is 4.82. The molecule has 188 valence electrons. The van der Waals surface area contributed by atoms with Crippen LogP contribution in [0.25, 0.3) is 32.9 Å². The van der Waals surface area contributed by atoms with Crippen molar-refractivity contribution in [3.05, 3.63) is 88.9 Å². The summed E-state index contributed by atoms with van der Waals surface area (Å²) in [7, 11) is -3.16. The van der Waals surface area contributed by atoms with E-state index >= 15 is 0 Å². The van der Waals surface area contributed by atoms with Crippen molar-refractivity contribution in [3.63, 3.8) is 0 Å². The first-order valence-corrected chi connectivity index (χ1v) is 14.9. The van der Waals surface area contributed by atoms with Crippen molar-refractivity contribution in [2.24, 2.45) is 0 Å². The lowest BCUT2D eigenvalue weighted by Gasteiger charge is -2.34. The van der Waals surface area contributed by atoms with E-state index in [4.69, 9.17) is 16.0 Å². The fraction of sp³-hybridized carbons (Fsp3) is 0.143. The summed E-state index contributed by atoms with van der Waals surface area (Å²) in [5.41, 5.74) is 3.69. The lowest BCUT2D eigenvalue weighted by atomic mass is 10.1. The van der Waals surface area contributed by atoms with Gasteiger partial charge in [-0.25, -0.2) is 4.79 Å². The van der Waals surface area contributed by atoms with Gasteiger partial charge in [0, 0.05) is 45.7 Å². The van der Waals surface area contributed by atoms with Crippen LogP contribution in [0.1, 0.15) is 23.5 Å². The molecule has 1 atom stereocenters. The molecule has 1 N–H and O–H groups in total. The average molecular weight is 551 g/mol. The van der Waals surface area contributed by atoms with Crippen LogP contribution in [0.3, 0.4) is 0 Å². The molecule has 0 spiro atoms. The Morgan fingerprint density at radius 3 is 2.35 bits per heavy atom. The van der Waals surface area contributed by atoms with E-state index < -0.39 is 13.3 Å². The zero-order valence-corrected chi connectivity index (χ0v) is 22.8. The number of hydrogen-bond donors (Lipinski definition) is 1. The van der Waals surface area contributed by atoms with Gasteiger partial charge in [0.25, 0.3) is 0 Å². The van der Waals surface area contributed by atoms with E-state index in [9.17, 15) is 14.5 Å². The SMILES string of the molecule is CC(C)N(c1cc(-c2ccc(-c3cc4ncccc4o3)cc2)sc1C(=O)O)P(C)(=O)c1ccc(Cl)cc1. The number of aromatic carboxylic acids is 1. The number of anilines is 1. The van der Waals surface area contributed by atoms with E-state index in [1.165, 1.54) is 11.3 Å². The Morgan fingerprint density at radius 2 is 1.73 bits per heavy atom. The molecule has 0 radical (unpaired) electrons. The number of carboxylic acids is 1. The van der Waals surface area contributed by atoms with Crippen LogP contribution in [0.15, 0.2) is 83.4 Å². The Bertz CT molecular complexity index is 1610. The van der Waals surface area contributed by atoms with Crippen LogP contribution in [0.2, 0.25) is 5.02 Å². The molecule has 0 bridgehead atoms. The molecule has 5 rings (SSSR count). The van der Waals surface area contributed by atoms with Gasteiger partial charge in [-0.2, -0.15) is 0 Å². The highest BCUT2D eigenvalue weighted by atomic mass is 35.5. The molecule has 9 heteroatoms. The molecule has 1 unspecified atom stereocenters. The molecule has 3 heterocycles. The van der Waals surface area contributed by atoms with E-state index in [2.05, 4.69) is 4.98 Å². The molecular weight excluding hydrogens is 527 g/mol. The first-order valence-electron chi connectivity index (χ1n) is 11.6. The second kappa shape index (κ2) is 9.82. The summed E-state index contributed by atoms with van der Waals surface area (Å²) in [5, 5.41) is 11.2. The molecule has 6 nitrogen and oxygen atoms in total. The molecule has 37 heavy (non-hydrogen) atoms. The molecule has 0 saturated carbocycles. The van der Waals surface area contributed by atoms with E-state index in [0.29, 0.717) is 27.4 Å². The Labute approximate surface area is 223 Å². The number of aromatic nitrogens is 1. The number of pyridine rings is 1. The highest BCUT2D eigenvalue weighted by Gasteiger charge is 2.34. The van der Waals surface area contributed by atoms with E-state index in [1.807, 2.05) is 62.4 Å². The molecule has 5 aromatic rings. The molecular formula is C28H24ClN2O4PS. The number of nitrogens with zero attached hydrogens (tertiary/aromatic N) is 2. The van der Waals surface area contributed by atoms with Crippen molar-refractivity contribution in [3.8, 4) is 21.8 Å². The second-order valence-corrected chi connectivity index (χ2v) is 13.2. The van der Waals surface area contributed by atoms with E-state index in [-0.39, 0.29) is 10.9 Å². The second-order valence-electron chi connectivity index (χ2n) is 9.00. The smallest absolute Gasteiger partial charge is 0.348 e. The van der Waals surface area contributed by atoms with Crippen molar-refractivity contribution < 1.29 is 18.9 Å². The maximum atomic E-state index is 14.1. The molecule has 0 saturated heterocycles. The first kappa shape index (κ1) is 25.3. The summed E-state index contributed by atoms with van der Waals surface area (Å²) in [6, 6.07) is 21.8. The van der Waals surface area contributed by atoms with Gasteiger partial charge in [-0.05, 0) is 61.9 Å². The molecule has 3 aromatic heterocycles. The molecule has 0 aliphatic heterocycles. The van der Waals surface area contributed by atoms with Gasteiger partial charge in [-0.1, -0.05) is 35.9 Å². The standard InChI is InChI=1S/C28H24ClN2O4PS/c1-17(2)31(36(3,34)21-12-10-20(29)11-13-21)23-16-26(37-27(23)28(32)33)19-8-6-18(7-9-19)25-15-22-24(35-25)5-4-14-30-22/h4-17H,1-3H3,(H,32,33). The van der Waals surface area contributed by atoms with Crippen LogP contribution in [0.4, 0.5) is 5.69 Å². The maximum absolute atomic E-state index is 14.1. The third-order valence-corrected chi connectivity index (χ3v) is 10.3. The number of carboxylic acid groups (broad SMARTS) is 1. The number of halogens is 1. The number of carbonyl (C=O) groups is 1. The van der Waals surface area contributed by atoms with Gasteiger partial charge in [0.1, 0.15) is 16.2 Å². The number of furan rings is 1. The number of fused-ring (bicyclic) bond motifs is 1. The zero-order chi connectivity index (χ0) is 26.3. The van der Waals surface area contributed by atoms with Crippen LogP contribution in [-0.4, -0.2) is 28.8 Å². The van der Waals surface area contributed by atoms with Gasteiger partial charge in [0.15, 0.2) is 12.9 Å². The van der Waals surface area contributed by atoms with Crippen LogP contribution < -0.4 is 9.97 Å². The number of benzene rings is 2. The number of hydrogen-bond acceptors (Lipinski definition) is 5. The van der Waals surface area contributed by atoms with Crippen LogP contribution in [0, 0.1) is 0 Å². The summed E-state index contributed by atoms with van der Waals surface area (Å²) in [4.78, 5) is 17.5. The highest BCUT2D eigenvalue weighted by molar-refractivity contribution is 7.72. The first-order chi connectivity index (χ1) is 17.6. The van der Waals surface area contributed by atoms with Gasteiger partial charge >= 0.3 is 5.97 Å². The van der Waals surface area contributed by atoms with Crippen LogP contribution in [-0.2, 0) is 4.57 Å². The molecule has 0 amide bonds. The Kier molecular flexibility index (Phi) is 6.71. The third-order valence-electron chi connectivity index (χ3n) is 6.10. The number of thiophene rings is 1. The minimum atomic E-state index is -3.16. The predicted molar refractivity (Wildman–Crippen MR) is 152 cm³/mol. The largest absolute Gasteiger partial charge is 0.477 e. The summed E-state index contributed by atoms with van der Waals surface area (Å²) in [6.07, 6.45) is 1.72. The minimum Gasteiger partial charge on any atom is -0.477 e. The highest BCUT2D eigenvalue weighted by Crippen LogP contribution is 2.52. The fourth-order valence-electron chi connectivity index (χ4n) is 4.42. The summed E-state index contributed by atoms with van der Waals surface area (Å²) >= 11 is 7.21. The fourth-order valence-corrected chi connectivity index (χ4v) is 8.01. The molecule has 0 aliphatic carbocycles. The van der Waals surface area contributed by atoms with Gasteiger partial charge in [-0.15, -0.1) is 11.3 Å².